The second-order valence-electron chi connectivity index (χ2n) is 4.19. The summed E-state index contributed by atoms with van der Waals surface area (Å²) in [5, 5.41) is 7.08. The third-order valence-electron chi connectivity index (χ3n) is 2.93. The molecule has 16 heavy (non-hydrogen) atoms. The molecule has 0 bridgehead atoms. The highest BCUT2D eigenvalue weighted by molar-refractivity contribution is 5.80. The van der Waals surface area contributed by atoms with E-state index in [-0.39, 0.29) is 5.91 Å². The zero-order valence-electron chi connectivity index (χ0n) is 8.97. The van der Waals surface area contributed by atoms with E-state index in [9.17, 15) is 4.79 Å². The van der Waals surface area contributed by atoms with E-state index in [0.717, 1.165) is 25.0 Å². The van der Waals surface area contributed by atoms with Gasteiger partial charge in [-0.05, 0) is 12.8 Å². The first-order chi connectivity index (χ1) is 7.84. The van der Waals surface area contributed by atoms with E-state index in [0.29, 0.717) is 12.5 Å². The van der Waals surface area contributed by atoms with Gasteiger partial charge in [0.25, 0.3) is 0 Å². The zero-order valence-corrected chi connectivity index (χ0v) is 8.97. The van der Waals surface area contributed by atoms with Crippen molar-refractivity contribution in [1.29, 1.82) is 0 Å². The lowest BCUT2D eigenvalue weighted by molar-refractivity contribution is -0.122. The summed E-state index contributed by atoms with van der Waals surface area (Å²) in [5.74, 6) is 0.497. The van der Waals surface area contributed by atoms with Gasteiger partial charge in [-0.15, -0.1) is 0 Å². The molecule has 1 aliphatic rings. The van der Waals surface area contributed by atoms with E-state index in [4.69, 9.17) is 0 Å². The number of rotatable bonds is 4. The maximum Gasteiger partial charge on any atom is 0.223 e. The molecule has 1 aliphatic carbocycles. The number of nitrogens with one attached hydrogen (secondary N) is 1. The molecule has 0 atom stereocenters. The van der Waals surface area contributed by atoms with Gasteiger partial charge in [0.2, 0.25) is 5.91 Å². The predicted molar refractivity (Wildman–Crippen MR) is 58.9 cm³/mol. The number of hydrogen-bond donors (Lipinski definition) is 1. The number of carbonyl (C=O) groups excluding carboxylic acids is 1. The number of nitrogens with zero attached hydrogens (tertiary/aromatic N) is 3. The number of fused-ring (bicyclic) bond motifs is 1. The number of hydrogen-bond acceptors (Lipinski definition) is 2. The molecule has 0 saturated heterocycles. The van der Waals surface area contributed by atoms with Crippen LogP contribution in [0.15, 0.2) is 24.7 Å². The minimum absolute atomic E-state index is 0.205. The Bertz CT molecular complexity index is 509. The Morgan fingerprint density at radius 1 is 1.50 bits per heavy atom. The number of imidazole rings is 1. The zero-order chi connectivity index (χ0) is 11.0. The predicted octanol–water partition coefficient (Wildman–Crippen LogP) is 0.662. The lowest BCUT2D eigenvalue weighted by Crippen LogP contribution is -2.28. The third kappa shape index (κ3) is 1.68. The quantitative estimate of drug-likeness (QED) is 0.819. The first kappa shape index (κ1) is 9.45. The second kappa shape index (κ2) is 3.66. The summed E-state index contributed by atoms with van der Waals surface area (Å²) in [6.45, 7) is 1.48. The molecule has 1 N–H and O–H groups in total. The van der Waals surface area contributed by atoms with E-state index in [1.165, 1.54) is 0 Å². The first-order valence-electron chi connectivity index (χ1n) is 5.61. The lowest BCUT2D eigenvalue weighted by atomic mass is 10.4. The van der Waals surface area contributed by atoms with Crippen molar-refractivity contribution in [2.75, 3.05) is 6.54 Å². The van der Waals surface area contributed by atoms with Crippen molar-refractivity contribution in [1.82, 2.24) is 19.5 Å². The minimum Gasteiger partial charge on any atom is -0.354 e. The molecule has 2 aromatic heterocycles. The van der Waals surface area contributed by atoms with Crippen LogP contribution in [0.3, 0.4) is 0 Å². The molecule has 1 fully saturated rings. The summed E-state index contributed by atoms with van der Waals surface area (Å²) in [4.78, 5) is 11.4. The SMILES string of the molecule is O=C(NCCn1ccn2nccc12)C1CC1. The number of carbonyl (C=O) groups is 1. The summed E-state index contributed by atoms with van der Waals surface area (Å²) < 4.78 is 3.91. The van der Waals surface area contributed by atoms with Crippen molar-refractivity contribution >= 4 is 11.6 Å². The molecule has 5 heteroatoms. The standard InChI is InChI=1S/C11H14N4O/c16-11(9-1-2-9)12-5-6-14-7-8-15-10(14)3-4-13-15/h3-4,7-9H,1-2,5-6H2,(H,12,16). The Morgan fingerprint density at radius 3 is 3.19 bits per heavy atom. The topological polar surface area (TPSA) is 51.3 Å². The summed E-state index contributed by atoms with van der Waals surface area (Å²) in [6, 6.07) is 1.96. The largest absolute Gasteiger partial charge is 0.354 e. The second-order valence-corrected chi connectivity index (χ2v) is 4.19. The summed E-state index contributed by atoms with van der Waals surface area (Å²) in [5.41, 5.74) is 1.06. The van der Waals surface area contributed by atoms with Crippen LogP contribution in [0, 0.1) is 5.92 Å². The smallest absolute Gasteiger partial charge is 0.223 e. The third-order valence-corrected chi connectivity index (χ3v) is 2.93. The molecule has 0 spiro atoms. The maximum absolute atomic E-state index is 11.4. The van der Waals surface area contributed by atoms with Gasteiger partial charge >= 0.3 is 0 Å². The van der Waals surface area contributed by atoms with Crippen LogP contribution in [0.1, 0.15) is 12.8 Å². The normalized spacial score (nSPS) is 15.5. The van der Waals surface area contributed by atoms with Crippen LogP contribution in [0.4, 0.5) is 0 Å². The fourth-order valence-corrected chi connectivity index (χ4v) is 1.85. The van der Waals surface area contributed by atoms with Crippen LogP contribution in [-0.4, -0.2) is 26.6 Å². The molecular weight excluding hydrogens is 204 g/mol. The Hall–Kier alpha value is -1.78. The van der Waals surface area contributed by atoms with E-state index in [1.54, 1.807) is 6.20 Å². The monoisotopic (exact) mass is 218 g/mol. The molecule has 5 nitrogen and oxygen atoms in total. The lowest BCUT2D eigenvalue weighted by Gasteiger charge is -2.05. The van der Waals surface area contributed by atoms with Crippen LogP contribution in [0.25, 0.3) is 5.65 Å². The highest BCUT2D eigenvalue weighted by Crippen LogP contribution is 2.28. The highest BCUT2D eigenvalue weighted by Gasteiger charge is 2.28. The van der Waals surface area contributed by atoms with Crippen LogP contribution in [0.2, 0.25) is 0 Å². The molecule has 84 valence electrons. The van der Waals surface area contributed by atoms with E-state index in [1.807, 2.05) is 23.0 Å². The van der Waals surface area contributed by atoms with Crippen molar-refractivity contribution in [2.45, 2.75) is 19.4 Å². The Balaban J connectivity index is 1.58. The maximum atomic E-state index is 11.4. The van der Waals surface area contributed by atoms with Gasteiger partial charge in [-0.25, -0.2) is 4.52 Å². The summed E-state index contributed by atoms with van der Waals surface area (Å²) in [7, 11) is 0. The molecule has 0 unspecified atom stereocenters. The highest BCUT2D eigenvalue weighted by atomic mass is 16.2. The number of aromatic nitrogens is 3. The first-order valence-corrected chi connectivity index (χ1v) is 5.61. The summed E-state index contributed by atoms with van der Waals surface area (Å²) >= 11 is 0. The summed E-state index contributed by atoms with van der Waals surface area (Å²) in [6.07, 6.45) is 7.78. The van der Waals surface area contributed by atoms with Gasteiger partial charge in [-0.2, -0.15) is 5.10 Å². The fourth-order valence-electron chi connectivity index (χ4n) is 1.85. The van der Waals surface area contributed by atoms with Gasteiger partial charge in [0.1, 0.15) is 5.65 Å². The van der Waals surface area contributed by atoms with Crippen LogP contribution in [0.5, 0.6) is 0 Å². The number of amides is 1. The van der Waals surface area contributed by atoms with Crippen LogP contribution >= 0.6 is 0 Å². The van der Waals surface area contributed by atoms with E-state index in [2.05, 4.69) is 15.0 Å². The van der Waals surface area contributed by atoms with Crippen molar-refractivity contribution in [3.63, 3.8) is 0 Å². The Labute approximate surface area is 93.1 Å². The van der Waals surface area contributed by atoms with Crippen molar-refractivity contribution in [3.05, 3.63) is 24.7 Å². The van der Waals surface area contributed by atoms with E-state index >= 15 is 0 Å². The van der Waals surface area contributed by atoms with Crippen molar-refractivity contribution < 1.29 is 4.79 Å². The molecule has 0 aliphatic heterocycles. The molecular formula is C11H14N4O. The average Bonchev–Trinajstić information content (AvgIpc) is 2.91. The van der Waals surface area contributed by atoms with E-state index < -0.39 is 0 Å². The van der Waals surface area contributed by atoms with Gasteiger partial charge in [0.15, 0.2) is 0 Å². The van der Waals surface area contributed by atoms with Crippen molar-refractivity contribution in [3.8, 4) is 0 Å². The average molecular weight is 218 g/mol. The molecule has 2 heterocycles. The Morgan fingerprint density at radius 2 is 2.38 bits per heavy atom. The van der Waals surface area contributed by atoms with Gasteiger partial charge < -0.3 is 9.88 Å². The molecule has 2 aromatic rings. The fraction of sp³-hybridized carbons (Fsp3) is 0.455. The molecule has 1 amide bonds. The van der Waals surface area contributed by atoms with Crippen LogP contribution in [-0.2, 0) is 11.3 Å². The molecule has 0 radical (unpaired) electrons. The molecule has 1 saturated carbocycles. The minimum atomic E-state index is 0.205. The van der Waals surface area contributed by atoms with Crippen LogP contribution < -0.4 is 5.32 Å². The van der Waals surface area contributed by atoms with Gasteiger partial charge in [-0.3, -0.25) is 4.79 Å². The van der Waals surface area contributed by atoms with Crippen molar-refractivity contribution in [2.24, 2.45) is 5.92 Å². The Kier molecular flexibility index (Phi) is 2.16. The molecule has 0 aromatic carbocycles. The van der Waals surface area contributed by atoms with Gasteiger partial charge in [-0.1, -0.05) is 0 Å². The van der Waals surface area contributed by atoms with Gasteiger partial charge in [0.05, 0.1) is 6.20 Å². The molecule has 3 rings (SSSR count). The van der Waals surface area contributed by atoms with Gasteiger partial charge in [0, 0.05) is 37.5 Å².